The van der Waals surface area contributed by atoms with Crippen molar-refractivity contribution >= 4 is 5.91 Å². The minimum absolute atomic E-state index is 0.0814. The van der Waals surface area contributed by atoms with Crippen molar-refractivity contribution in [3.05, 3.63) is 59.0 Å². The van der Waals surface area contributed by atoms with Gasteiger partial charge in [0.25, 0.3) is 11.9 Å². The summed E-state index contributed by atoms with van der Waals surface area (Å²) in [6, 6.07) is 8.45. The summed E-state index contributed by atoms with van der Waals surface area (Å²) in [6.45, 7) is 4.77. The van der Waals surface area contributed by atoms with Crippen molar-refractivity contribution in [2.75, 3.05) is 26.7 Å². The minimum atomic E-state index is -0.0814. The van der Waals surface area contributed by atoms with Crippen LogP contribution in [0.3, 0.4) is 0 Å². The number of aryl methyl sites for hydroxylation is 2. The molecule has 2 aromatic heterocycles. The standard InChI is InChI=1S/C25H30N6O/c1-17-22(24(32)26-13-18-7-6-12-30(2)16-18)15-28-31(17)25-27-14-20-10-5-9-19-8-3-4-11-21(19)23(20)29-25/h3-4,8,11,14-15,18H,5-7,9-10,12-13,16H2,1-2H3,(H,26,32). The Morgan fingerprint density at radius 3 is 2.88 bits per heavy atom. The van der Waals surface area contributed by atoms with Gasteiger partial charge >= 0.3 is 0 Å². The summed E-state index contributed by atoms with van der Waals surface area (Å²) in [5.41, 5.74) is 5.97. The first kappa shape index (κ1) is 20.8. The summed E-state index contributed by atoms with van der Waals surface area (Å²) in [7, 11) is 2.14. The number of hydrogen-bond donors (Lipinski definition) is 1. The lowest BCUT2D eigenvalue weighted by Crippen LogP contribution is -2.39. The van der Waals surface area contributed by atoms with Gasteiger partial charge in [0.05, 0.1) is 23.1 Å². The number of amides is 1. The van der Waals surface area contributed by atoms with Gasteiger partial charge in [0, 0.05) is 24.8 Å². The van der Waals surface area contributed by atoms with Gasteiger partial charge in [-0.05, 0) is 69.7 Å². The minimum Gasteiger partial charge on any atom is -0.352 e. The van der Waals surface area contributed by atoms with E-state index in [-0.39, 0.29) is 5.91 Å². The summed E-state index contributed by atoms with van der Waals surface area (Å²) in [5.74, 6) is 0.925. The number of aromatic nitrogens is 4. The Labute approximate surface area is 188 Å². The van der Waals surface area contributed by atoms with Crippen LogP contribution in [0.25, 0.3) is 17.2 Å². The van der Waals surface area contributed by atoms with Gasteiger partial charge in [-0.3, -0.25) is 4.79 Å². The van der Waals surface area contributed by atoms with Gasteiger partial charge in [0.2, 0.25) is 0 Å². The first-order valence-corrected chi connectivity index (χ1v) is 11.6. The molecule has 1 saturated heterocycles. The zero-order valence-corrected chi connectivity index (χ0v) is 18.8. The first-order chi connectivity index (χ1) is 15.6. The zero-order valence-electron chi connectivity index (χ0n) is 18.8. The predicted molar refractivity (Wildman–Crippen MR) is 124 cm³/mol. The van der Waals surface area contributed by atoms with Crippen LogP contribution in [0.15, 0.2) is 36.7 Å². The van der Waals surface area contributed by atoms with E-state index >= 15 is 0 Å². The smallest absolute Gasteiger partial charge is 0.254 e. The number of likely N-dealkylation sites (tertiary alicyclic amines) is 1. The molecule has 3 heterocycles. The predicted octanol–water partition coefficient (Wildman–Crippen LogP) is 3.20. The lowest BCUT2D eigenvalue weighted by Gasteiger charge is -2.29. The van der Waals surface area contributed by atoms with Crippen molar-refractivity contribution in [1.29, 1.82) is 0 Å². The fraction of sp³-hybridized carbons (Fsp3) is 0.440. The number of rotatable bonds is 4. The van der Waals surface area contributed by atoms with E-state index in [1.165, 1.54) is 23.1 Å². The molecule has 7 heteroatoms. The fourth-order valence-corrected chi connectivity index (χ4v) is 4.96. The molecule has 0 radical (unpaired) electrons. The van der Waals surface area contributed by atoms with Crippen LogP contribution in [0.1, 0.15) is 46.4 Å². The molecule has 1 atom stereocenters. The number of nitrogens with one attached hydrogen (secondary N) is 1. The maximum Gasteiger partial charge on any atom is 0.254 e. The summed E-state index contributed by atoms with van der Waals surface area (Å²) in [4.78, 5) is 24.7. The fourth-order valence-electron chi connectivity index (χ4n) is 4.96. The second-order valence-corrected chi connectivity index (χ2v) is 9.09. The number of fused-ring (bicyclic) bond motifs is 3. The van der Waals surface area contributed by atoms with E-state index in [1.807, 2.05) is 13.1 Å². The number of carbonyl (C=O) groups is 1. The highest BCUT2D eigenvalue weighted by atomic mass is 16.1. The second-order valence-electron chi connectivity index (χ2n) is 9.09. The monoisotopic (exact) mass is 430 g/mol. The van der Waals surface area contributed by atoms with Gasteiger partial charge in [-0.15, -0.1) is 0 Å². The molecule has 1 amide bonds. The van der Waals surface area contributed by atoms with E-state index in [0.29, 0.717) is 24.0 Å². The molecule has 1 N–H and O–H groups in total. The Bertz CT molecular complexity index is 1140. The van der Waals surface area contributed by atoms with E-state index in [9.17, 15) is 4.79 Å². The van der Waals surface area contributed by atoms with Gasteiger partial charge < -0.3 is 10.2 Å². The van der Waals surface area contributed by atoms with Crippen molar-refractivity contribution < 1.29 is 4.79 Å². The van der Waals surface area contributed by atoms with Crippen LogP contribution in [0, 0.1) is 12.8 Å². The zero-order chi connectivity index (χ0) is 22.1. The molecule has 5 rings (SSSR count). The molecular weight excluding hydrogens is 400 g/mol. The molecule has 0 bridgehead atoms. The normalized spacial score (nSPS) is 18.5. The van der Waals surface area contributed by atoms with E-state index in [0.717, 1.165) is 50.2 Å². The Kier molecular flexibility index (Phi) is 5.74. The lowest BCUT2D eigenvalue weighted by molar-refractivity contribution is 0.0936. The molecule has 2 aliphatic rings. The molecule has 1 aliphatic heterocycles. The van der Waals surface area contributed by atoms with Crippen LogP contribution in [0.5, 0.6) is 0 Å². The van der Waals surface area contributed by atoms with Crippen LogP contribution in [-0.4, -0.2) is 57.2 Å². The van der Waals surface area contributed by atoms with Crippen LogP contribution in [0.2, 0.25) is 0 Å². The summed E-state index contributed by atoms with van der Waals surface area (Å²) in [5, 5.41) is 7.57. The molecule has 1 fully saturated rings. The van der Waals surface area contributed by atoms with E-state index in [4.69, 9.17) is 4.98 Å². The third-order valence-corrected chi connectivity index (χ3v) is 6.73. The molecule has 0 spiro atoms. The molecular formula is C25H30N6O. The summed E-state index contributed by atoms with van der Waals surface area (Å²) >= 11 is 0. The van der Waals surface area contributed by atoms with Gasteiger partial charge in [-0.2, -0.15) is 5.10 Å². The number of nitrogens with zero attached hydrogens (tertiary/aromatic N) is 5. The van der Waals surface area contributed by atoms with Crippen molar-refractivity contribution in [3.8, 4) is 17.2 Å². The molecule has 3 aromatic rings. The molecule has 1 unspecified atom stereocenters. The van der Waals surface area contributed by atoms with Crippen molar-refractivity contribution in [3.63, 3.8) is 0 Å². The molecule has 1 aromatic carbocycles. The van der Waals surface area contributed by atoms with Gasteiger partial charge in [-0.25, -0.2) is 14.6 Å². The Balaban J connectivity index is 1.38. The molecule has 7 nitrogen and oxygen atoms in total. The highest BCUT2D eigenvalue weighted by Gasteiger charge is 2.22. The number of piperidine rings is 1. The second kappa shape index (κ2) is 8.82. The molecule has 0 saturated carbocycles. The number of benzene rings is 1. The maximum absolute atomic E-state index is 12.9. The summed E-state index contributed by atoms with van der Waals surface area (Å²) in [6.07, 6.45) is 8.99. The topological polar surface area (TPSA) is 75.9 Å². The average Bonchev–Trinajstić information content (AvgIpc) is 3.09. The van der Waals surface area contributed by atoms with Gasteiger partial charge in [0.15, 0.2) is 0 Å². The average molecular weight is 431 g/mol. The number of hydrogen-bond acceptors (Lipinski definition) is 5. The highest BCUT2D eigenvalue weighted by Crippen LogP contribution is 2.31. The summed E-state index contributed by atoms with van der Waals surface area (Å²) < 4.78 is 1.68. The van der Waals surface area contributed by atoms with E-state index in [2.05, 4.69) is 51.6 Å². The van der Waals surface area contributed by atoms with E-state index in [1.54, 1.807) is 10.9 Å². The molecule has 166 valence electrons. The van der Waals surface area contributed by atoms with Gasteiger partial charge in [0.1, 0.15) is 0 Å². The van der Waals surface area contributed by atoms with Crippen molar-refractivity contribution in [1.82, 2.24) is 30.0 Å². The van der Waals surface area contributed by atoms with Crippen molar-refractivity contribution in [2.24, 2.45) is 5.92 Å². The quantitative estimate of drug-likeness (QED) is 0.688. The Morgan fingerprint density at radius 2 is 2.00 bits per heavy atom. The van der Waals surface area contributed by atoms with Crippen molar-refractivity contribution in [2.45, 2.75) is 39.0 Å². The molecule has 1 aliphatic carbocycles. The Morgan fingerprint density at radius 1 is 1.16 bits per heavy atom. The lowest BCUT2D eigenvalue weighted by atomic mass is 9.98. The van der Waals surface area contributed by atoms with Crippen LogP contribution >= 0.6 is 0 Å². The third kappa shape index (κ3) is 4.05. The van der Waals surface area contributed by atoms with Gasteiger partial charge in [-0.1, -0.05) is 24.3 Å². The maximum atomic E-state index is 12.9. The SMILES string of the molecule is Cc1c(C(=O)NCC2CCCN(C)C2)cnn1-c1ncc2c(n1)-c1ccccc1CCC2. The number of carbonyl (C=O) groups excluding carboxylic acids is 1. The van der Waals surface area contributed by atoms with Crippen LogP contribution in [-0.2, 0) is 12.8 Å². The highest BCUT2D eigenvalue weighted by molar-refractivity contribution is 5.95. The third-order valence-electron chi connectivity index (χ3n) is 6.73. The molecule has 32 heavy (non-hydrogen) atoms. The van der Waals surface area contributed by atoms with E-state index < -0.39 is 0 Å². The largest absolute Gasteiger partial charge is 0.352 e. The van der Waals surface area contributed by atoms with Crippen LogP contribution in [0.4, 0.5) is 0 Å². The van der Waals surface area contributed by atoms with Crippen LogP contribution < -0.4 is 5.32 Å². The first-order valence-electron chi connectivity index (χ1n) is 11.6. The Hall–Kier alpha value is -3.06.